The number of amides is 1. The molecule has 0 saturated carbocycles. The van der Waals surface area contributed by atoms with E-state index in [0.717, 1.165) is 26.1 Å². The molecule has 106 valence electrons. The molecule has 4 heteroatoms. The summed E-state index contributed by atoms with van der Waals surface area (Å²) in [5, 5.41) is 3.35. The fraction of sp³-hybridized carbons (Fsp3) is 0.533. The van der Waals surface area contributed by atoms with Gasteiger partial charge in [0.1, 0.15) is 0 Å². The number of hydrogen-bond acceptors (Lipinski definition) is 2. The normalized spacial score (nSPS) is 18.8. The lowest BCUT2D eigenvalue weighted by molar-refractivity contribution is -0.132. The SMILES string of the molecule is Cc1ccc(CCC(=O)N2CCNC(C)C2)cc1.Cl. The molecule has 1 amide bonds. The van der Waals surface area contributed by atoms with Gasteiger partial charge in [-0.1, -0.05) is 29.8 Å². The zero-order valence-electron chi connectivity index (χ0n) is 11.7. The van der Waals surface area contributed by atoms with Gasteiger partial charge in [0.25, 0.3) is 0 Å². The van der Waals surface area contributed by atoms with Crippen molar-refractivity contribution in [2.45, 2.75) is 32.7 Å². The maximum Gasteiger partial charge on any atom is 0.222 e. The van der Waals surface area contributed by atoms with Crippen LogP contribution in [0.3, 0.4) is 0 Å². The molecular formula is C15H23ClN2O. The first-order valence-corrected chi connectivity index (χ1v) is 6.72. The number of nitrogens with one attached hydrogen (secondary N) is 1. The van der Waals surface area contributed by atoms with E-state index in [1.54, 1.807) is 0 Å². The number of piperazine rings is 1. The van der Waals surface area contributed by atoms with Crippen LogP contribution in [0.4, 0.5) is 0 Å². The maximum atomic E-state index is 12.1. The van der Waals surface area contributed by atoms with Crippen LogP contribution in [-0.4, -0.2) is 36.5 Å². The van der Waals surface area contributed by atoms with E-state index in [0.29, 0.717) is 12.5 Å². The third-order valence-corrected chi connectivity index (χ3v) is 3.47. The highest BCUT2D eigenvalue weighted by Crippen LogP contribution is 2.08. The van der Waals surface area contributed by atoms with Gasteiger partial charge in [-0.05, 0) is 25.8 Å². The zero-order chi connectivity index (χ0) is 13.0. The van der Waals surface area contributed by atoms with Crippen molar-refractivity contribution >= 4 is 18.3 Å². The van der Waals surface area contributed by atoms with Crippen molar-refractivity contribution in [2.75, 3.05) is 19.6 Å². The van der Waals surface area contributed by atoms with Gasteiger partial charge in [-0.25, -0.2) is 0 Å². The van der Waals surface area contributed by atoms with Crippen molar-refractivity contribution in [3.8, 4) is 0 Å². The standard InChI is InChI=1S/C15H22N2O.ClH/c1-12-3-5-14(6-4-12)7-8-15(18)17-10-9-16-13(2)11-17;/h3-6,13,16H,7-11H2,1-2H3;1H. The lowest BCUT2D eigenvalue weighted by atomic mass is 10.1. The van der Waals surface area contributed by atoms with Gasteiger partial charge >= 0.3 is 0 Å². The van der Waals surface area contributed by atoms with E-state index in [1.807, 2.05) is 4.90 Å². The van der Waals surface area contributed by atoms with Crippen molar-refractivity contribution in [1.82, 2.24) is 10.2 Å². The fourth-order valence-electron chi connectivity index (χ4n) is 2.32. The Morgan fingerprint density at radius 1 is 1.37 bits per heavy atom. The minimum atomic E-state index is 0. The van der Waals surface area contributed by atoms with E-state index < -0.39 is 0 Å². The van der Waals surface area contributed by atoms with Crippen molar-refractivity contribution in [3.05, 3.63) is 35.4 Å². The van der Waals surface area contributed by atoms with E-state index in [9.17, 15) is 4.79 Å². The van der Waals surface area contributed by atoms with Gasteiger partial charge in [0.15, 0.2) is 0 Å². The van der Waals surface area contributed by atoms with E-state index in [1.165, 1.54) is 11.1 Å². The van der Waals surface area contributed by atoms with Gasteiger partial charge in [-0.15, -0.1) is 12.4 Å². The van der Waals surface area contributed by atoms with E-state index in [2.05, 4.69) is 43.4 Å². The molecule has 3 nitrogen and oxygen atoms in total. The van der Waals surface area contributed by atoms with Crippen LogP contribution in [0.15, 0.2) is 24.3 Å². The molecule has 0 bridgehead atoms. The minimum Gasteiger partial charge on any atom is -0.340 e. The first kappa shape index (κ1) is 16.0. The van der Waals surface area contributed by atoms with Crippen LogP contribution in [0.5, 0.6) is 0 Å². The van der Waals surface area contributed by atoms with Crippen LogP contribution in [0.1, 0.15) is 24.5 Å². The molecule has 0 aliphatic carbocycles. The number of hydrogen-bond donors (Lipinski definition) is 1. The second kappa shape index (κ2) is 7.51. The number of rotatable bonds is 3. The Hall–Kier alpha value is -1.06. The van der Waals surface area contributed by atoms with E-state index >= 15 is 0 Å². The topological polar surface area (TPSA) is 32.3 Å². The van der Waals surface area contributed by atoms with Crippen molar-refractivity contribution in [3.63, 3.8) is 0 Å². The lowest BCUT2D eigenvalue weighted by Gasteiger charge is -2.32. The van der Waals surface area contributed by atoms with E-state index in [4.69, 9.17) is 0 Å². The molecule has 1 heterocycles. The predicted octanol–water partition coefficient (Wildman–Crippen LogP) is 2.17. The smallest absolute Gasteiger partial charge is 0.222 e. The van der Waals surface area contributed by atoms with Crippen LogP contribution in [0.25, 0.3) is 0 Å². The molecule has 1 aliphatic rings. The van der Waals surface area contributed by atoms with Crippen LogP contribution < -0.4 is 5.32 Å². The van der Waals surface area contributed by atoms with Crippen LogP contribution in [0, 0.1) is 6.92 Å². The van der Waals surface area contributed by atoms with Crippen molar-refractivity contribution < 1.29 is 4.79 Å². The van der Waals surface area contributed by atoms with Gasteiger partial charge in [-0.3, -0.25) is 4.79 Å². The third-order valence-electron chi connectivity index (χ3n) is 3.47. The number of aryl methyl sites for hydroxylation is 2. The summed E-state index contributed by atoms with van der Waals surface area (Å²) in [7, 11) is 0. The first-order chi connectivity index (χ1) is 8.65. The van der Waals surface area contributed by atoms with Gasteiger partial charge in [0.2, 0.25) is 5.91 Å². The summed E-state index contributed by atoms with van der Waals surface area (Å²) in [6.45, 7) is 6.80. The Morgan fingerprint density at radius 2 is 2.05 bits per heavy atom. The summed E-state index contributed by atoms with van der Waals surface area (Å²) >= 11 is 0. The molecule has 0 spiro atoms. The number of benzene rings is 1. The first-order valence-electron chi connectivity index (χ1n) is 6.72. The summed E-state index contributed by atoms with van der Waals surface area (Å²) in [4.78, 5) is 14.1. The van der Waals surface area contributed by atoms with Gasteiger partial charge < -0.3 is 10.2 Å². The molecule has 2 rings (SSSR count). The van der Waals surface area contributed by atoms with Gasteiger partial charge in [0.05, 0.1) is 0 Å². The molecule has 1 aliphatic heterocycles. The Morgan fingerprint density at radius 3 is 2.68 bits per heavy atom. The molecule has 0 aromatic heterocycles. The summed E-state index contributed by atoms with van der Waals surface area (Å²) in [6.07, 6.45) is 1.47. The summed E-state index contributed by atoms with van der Waals surface area (Å²) in [5.41, 5.74) is 2.51. The zero-order valence-corrected chi connectivity index (χ0v) is 12.5. The Balaban J connectivity index is 0.00000180. The average Bonchev–Trinajstić information content (AvgIpc) is 2.38. The summed E-state index contributed by atoms with van der Waals surface area (Å²) < 4.78 is 0. The molecule has 1 aromatic carbocycles. The molecule has 1 unspecified atom stereocenters. The Kier molecular flexibility index (Phi) is 6.32. The quantitative estimate of drug-likeness (QED) is 0.922. The minimum absolute atomic E-state index is 0. The van der Waals surface area contributed by atoms with Crippen LogP contribution in [0.2, 0.25) is 0 Å². The highest BCUT2D eigenvalue weighted by molar-refractivity contribution is 5.85. The van der Waals surface area contributed by atoms with Crippen LogP contribution >= 0.6 is 12.4 Å². The molecule has 0 radical (unpaired) electrons. The number of carbonyl (C=O) groups excluding carboxylic acids is 1. The average molecular weight is 283 g/mol. The maximum absolute atomic E-state index is 12.1. The largest absolute Gasteiger partial charge is 0.340 e. The molecule has 1 aromatic rings. The van der Waals surface area contributed by atoms with Gasteiger partial charge in [-0.2, -0.15) is 0 Å². The van der Waals surface area contributed by atoms with Crippen LogP contribution in [-0.2, 0) is 11.2 Å². The molecule has 1 N–H and O–H groups in total. The summed E-state index contributed by atoms with van der Waals surface area (Å²) in [6, 6.07) is 8.85. The van der Waals surface area contributed by atoms with E-state index in [-0.39, 0.29) is 18.3 Å². The molecule has 1 fully saturated rings. The summed E-state index contributed by atoms with van der Waals surface area (Å²) in [5.74, 6) is 0.281. The number of carbonyl (C=O) groups is 1. The monoisotopic (exact) mass is 282 g/mol. The lowest BCUT2D eigenvalue weighted by Crippen LogP contribution is -2.51. The predicted molar refractivity (Wildman–Crippen MR) is 80.8 cm³/mol. The molecular weight excluding hydrogens is 260 g/mol. The Labute approximate surface area is 121 Å². The third kappa shape index (κ3) is 4.84. The second-order valence-corrected chi connectivity index (χ2v) is 5.18. The highest BCUT2D eigenvalue weighted by atomic mass is 35.5. The van der Waals surface area contributed by atoms with Gasteiger partial charge in [0, 0.05) is 32.1 Å². The molecule has 19 heavy (non-hydrogen) atoms. The van der Waals surface area contributed by atoms with Crippen molar-refractivity contribution in [2.24, 2.45) is 0 Å². The second-order valence-electron chi connectivity index (χ2n) is 5.18. The molecule has 1 atom stereocenters. The number of nitrogens with zero attached hydrogens (tertiary/aromatic N) is 1. The van der Waals surface area contributed by atoms with Crippen molar-refractivity contribution in [1.29, 1.82) is 0 Å². The fourth-order valence-corrected chi connectivity index (χ4v) is 2.32. The Bertz CT molecular complexity index is 405. The highest BCUT2D eigenvalue weighted by Gasteiger charge is 2.19. The molecule has 1 saturated heterocycles. The number of halogens is 1.